The highest BCUT2D eigenvalue weighted by molar-refractivity contribution is 7.91. The number of rotatable bonds is 22. The molecule has 2 aromatic carbocycles. The van der Waals surface area contributed by atoms with Crippen molar-refractivity contribution >= 4 is 95.1 Å². The standard InChI is InChI=1S/C29H36N8O18S6/c1-20-24(19-30)28(36(2)10-14-56(38,39)16-12-54-60(48,49)50)31-29(37(3)11-15-57(40,41)17-13-55-61(51,52)53)27(20)35-34-25-9-6-22(18-26(25)59(45,46)47)33-32-21-4-7-23(8-5-21)58(42,43)44/h4-9,18H,10-17H2,1-3H3,(H,42,43,44)(H,45,46,47)(H,48,49,50)(H,51,52,53). The fourth-order valence-electron chi connectivity index (χ4n) is 4.72. The fourth-order valence-corrected chi connectivity index (χ4v) is 8.83. The van der Waals surface area contributed by atoms with Crippen molar-refractivity contribution in [3.05, 3.63) is 53.6 Å². The predicted molar refractivity (Wildman–Crippen MR) is 213 cm³/mol. The topological polar surface area (TPSA) is 397 Å². The van der Waals surface area contributed by atoms with Crippen molar-refractivity contribution in [2.45, 2.75) is 16.7 Å². The summed E-state index contributed by atoms with van der Waals surface area (Å²) in [6, 6.07) is 9.46. The van der Waals surface area contributed by atoms with E-state index >= 15 is 0 Å². The van der Waals surface area contributed by atoms with E-state index in [2.05, 4.69) is 33.8 Å². The van der Waals surface area contributed by atoms with Crippen molar-refractivity contribution in [2.24, 2.45) is 20.5 Å². The molecule has 0 fully saturated rings. The number of sulfone groups is 2. The lowest BCUT2D eigenvalue weighted by atomic mass is 10.1. The summed E-state index contributed by atoms with van der Waals surface area (Å²) in [5, 5.41) is 25.9. The Morgan fingerprint density at radius 1 is 0.639 bits per heavy atom. The van der Waals surface area contributed by atoms with E-state index in [0.717, 1.165) is 24.3 Å². The quantitative estimate of drug-likeness (QED) is 0.0825. The molecule has 0 radical (unpaired) electrons. The molecular weight excluding hydrogens is 941 g/mol. The van der Waals surface area contributed by atoms with Gasteiger partial charge in [0.15, 0.2) is 25.5 Å². The third-order valence-corrected chi connectivity index (χ3v) is 13.7. The van der Waals surface area contributed by atoms with Crippen molar-refractivity contribution in [3.8, 4) is 6.07 Å². The molecule has 0 atom stereocenters. The molecule has 0 bridgehead atoms. The van der Waals surface area contributed by atoms with E-state index in [1.165, 1.54) is 49.0 Å². The van der Waals surface area contributed by atoms with Gasteiger partial charge in [-0.05, 0) is 49.4 Å². The molecule has 1 aromatic heterocycles. The molecule has 4 N–H and O–H groups in total. The molecule has 0 aliphatic heterocycles. The minimum absolute atomic E-state index is 0.00221. The van der Waals surface area contributed by atoms with Gasteiger partial charge in [0.1, 0.15) is 28.2 Å². The van der Waals surface area contributed by atoms with Gasteiger partial charge in [-0.2, -0.15) is 49.2 Å². The van der Waals surface area contributed by atoms with Crippen LogP contribution in [0.4, 0.5) is 34.4 Å². The molecule has 3 rings (SSSR count). The minimum atomic E-state index is -5.07. The Hall–Kier alpha value is -4.66. The maximum absolute atomic E-state index is 12.7. The van der Waals surface area contributed by atoms with E-state index in [1.54, 1.807) is 0 Å². The van der Waals surface area contributed by atoms with Gasteiger partial charge in [0, 0.05) is 32.7 Å². The van der Waals surface area contributed by atoms with Crippen molar-refractivity contribution in [3.63, 3.8) is 0 Å². The number of azo groups is 2. The van der Waals surface area contributed by atoms with E-state index in [4.69, 9.17) is 13.7 Å². The first-order chi connectivity index (χ1) is 27.9. The Bertz CT molecular complexity index is 2900. The SMILES string of the molecule is Cc1c(C#N)c(N(C)CCS(=O)(=O)CCOS(=O)(=O)O)nc(N(C)CCS(=O)(=O)CCOS(=O)(=O)O)c1N=Nc1ccc(N=Nc2ccc(S(=O)(=O)O)cc2)cc1S(=O)(=O)O. The maximum Gasteiger partial charge on any atom is 0.397 e. The number of pyridine rings is 1. The number of benzene rings is 2. The van der Waals surface area contributed by atoms with E-state index < -0.39 is 119 Å². The summed E-state index contributed by atoms with van der Waals surface area (Å²) in [4.78, 5) is 5.60. The van der Waals surface area contributed by atoms with Crippen LogP contribution in [0.2, 0.25) is 0 Å². The molecule has 0 spiro atoms. The molecule has 61 heavy (non-hydrogen) atoms. The van der Waals surface area contributed by atoms with Crippen molar-refractivity contribution < 1.29 is 77.1 Å². The first-order valence-electron chi connectivity index (χ1n) is 16.5. The van der Waals surface area contributed by atoms with Gasteiger partial charge in [0.05, 0.1) is 58.1 Å². The highest BCUT2D eigenvalue weighted by Crippen LogP contribution is 2.39. The zero-order chi connectivity index (χ0) is 46.2. The number of nitrogens with zero attached hydrogens (tertiary/aromatic N) is 8. The van der Waals surface area contributed by atoms with Gasteiger partial charge in [-0.25, -0.2) is 30.2 Å². The largest absolute Gasteiger partial charge is 0.397 e. The average Bonchev–Trinajstić information content (AvgIpc) is 3.12. The Morgan fingerprint density at radius 3 is 1.57 bits per heavy atom. The summed E-state index contributed by atoms with van der Waals surface area (Å²) < 4.78 is 186. The number of nitriles is 1. The molecule has 1 heterocycles. The third-order valence-electron chi connectivity index (χ3n) is 7.84. The normalized spacial score (nSPS) is 13.1. The van der Waals surface area contributed by atoms with Gasteiger partial charge in [-0.15, -0.1) is 10.2 Å². The lowest BCUT2D eigenvalue weighted by molar-refractivity contribution is 0.282. The van der Waals surface area contributed by atoms with Gasteiger partial charge >= 0.3 is 20.8 Å². The summed E-state index contributed by atoms with van der Waals surface area (Å²) in [6.07, 6.45) is 0. The maximum atomic E-state index is 12.7. The van der Waals surface area contributed by atoms with E-state index in [-0.39, 0.29) is 46.4 Å². The molecule has 0 saturated carbocycles. The average molecular weight is 977 g/mol. The van der Waals surface area contributed by atoms with Crippen LogP contribution in [0.25, 0.3) is 0 Å². The van der Waals surface area contributed by atoms with Crippen LogP contribution in [0.1, 0.15) is 11.1 Å². The van der Waals surface area contributed by atoms with E-state index in [9.17, 15) is 60.3 Å². The lowest BCUT2D eigenvalue weighted by Gasteiger charge is -2.26. The lowest BCUT2D eigenvalue weighted by Crippen LogP contribution is -2.31. The third kappa shape index (κ3) is 16.3. The van der Waals surface area contributed by atoms with Crippen LogP contribution in [0.3, 0.4) is 0 Å². The molecule has 3 aromatic rings. The predicted octanol–water partition coefficient (Wildman–Crippen LogP) is 1.93. The molecule has 0 aliphatic rings. The molecule has 26 nitrogen and oxygen atoms in total. The number of aromatic nitrogens is 1. The summed E-state index contributed by atoms with van der Waals surface area (Å²) >= 11 is 0. The molecule has 0 saturated heterocycles. The van der Waals surface area contributed by atoms with Gasteiger partial charge in [-0.3, -0.25) is 18.2 Å². The second-order valence-corrected chi connectivity index (χ2v) is 22.0. The van der Waals surface area contributed by atoms with Crippen LogP contribution in [-0.2, 0) is 69.1 Å². The highest BCUT2D eigenvalue weighted by atomic mass is 32.3. The van der Waals surface area contributed by atoms with Crippen molar-refractivity contribution in [1.82, 2.24) is 4.98 Å². The van der Waals surface area contributed by atoms with Crippen LogP contribution < -0.4 is 9.80 Å². The Balaban J connectivity index is 2.08. The monoisotopic (exact) mass is 976 g/mol. The Morgan fingerprint density at radius 2 is 1.11 bits per heavy atom. The van der Waals surface area contributed by atoms with E-state index in [0.29, 0.717) is 0 Å². The summed E-state index contributed by atoms with van der Waals surface area (Å²) in [5.74, 6) is -3.38. The molecule has 32 heteroatoms. The van der Waals surface area contributed by atoms with Crippen molar-refractivity contribution in [1.29, 1.82) is 5.26 Å². The molecule has 0 amide bonds. The zero-order valence-corrected chi connectivity index (χ0v) is 36.6. The number of hydrogen-bond acceptors (Lipinski definition) is 22. The van der Waals surface area contributed by atoms with Gasteiger partial charge in [0.25, 0.3) is 20.2 Å². The minimum Gasteiger partial charge on any atom is -0.357 e. The van der Waals surface area contributed by atoms with E-state index in [1.807, 2.05) is 6.07 Å². The smallest absolute Gasteiger partial charge is 0.357 e. The molecule has 0 unspecified atom stereocenters. The van der Waals surface area contributed by atoms with Crippen LogP contribution in [-0.4, -0.2) is 137 Å². The fraction of sp³-hybridized carbons (Fsp3) is 0.379. The molecular formula is C29H36N8O18S6. The van der Waals surface area contributed by atoms with Crippen LogP contribution in [0.15, 0.2) is 72.7 Å². The molecule has 0 aliphatic carbocycles. The summed E-state index contributed by atoms with van der Waals surface area (Å²) in [6.45, 7) is -1.23. The van der Waals surface area contributed by atoms with Gasteiger partial charge in [-0.1, -0.05) is 0 Å². The zero-order valence-electron chi connectivity index (χ0n) is 31.7. The first kappa shape index (κ1) is 50.7. The van der Waals surface area contributed by atoms with Crippen LogP contribution in [0, 0.1) is 18.3 Å². The highest BCUT2D eigenvalue weighted by Gasteiger charge is 2.25. The van der Waals surface area contributed by atoms with Crippen molar-refractivity contribution in [2.75, 3.05) is 73.2 Å². The molecule has 336 valence electrons. The van der Waals surface area contributed by atoms with Crippen LogP contribution in [0.5, 0.6) is 0 Å². The first-order valence-corrected chi connectivity index (χ1v) is 25.7. The summed E-state index contributed by atoms with van der Waals surface area (Å²) in [7, 11) is -24.9. The van der Waals surface area contributed by atoms with Gasteiger partial charge < -0.3 is 9.80 Å². The van der Waals surface area contributed by atoms with Crippen LogP contribution >= 0.6 is 0 Å². The Kier molecular flexibility index (Phi) is 16.6. The second kappa shape index (κ2) is 20.0. The number of hydrogen-bond donors (Lipinski definition) is 4. The Labute approximate surface area is 350 Å². The summed E-state index contributed by atoms with van der Waals surface area (Å²) in [5.41, 5.74) is -1.03. The second-order valence-electron chi connectivity index (χ2n) is 12.4. The van der Waals surface area contributed by atoms with Gasteiger partial charge in [0.2, 0.25) is 0 Å². The number of anilines is 2.